The van der Waals surface area contributed by atoms with Crippen LogP contribution in [-0.2, 0) is 0 Å². The maximum Gasteiger partial charge on any atom is 0.101 e. The molecular weight excluding hydrogens is 210 g/mol. The highest BCUT2D eigenvalue weighted by molar-refractivity contribution is 5.58. The molecule has 0 aliphatic carbocycles. The first kappa shape index (κ1) is 13.5. The van der Waals surface area contributed by atoms with Crippen molar-refractivity contribution < 1.29 is 0 Å². The Kier molecular flexibility index (Phi) is 4.14. The minimum absolute atomic E-state index is 0.0532. The Hall–Kier alpha value is -1.53. The Balaban J connectivity index is 2.80. The Morgan fingerprint density at radius 1 is 1.35 bits per heavy atom. The molecule has 0 radical (unpaired) electrons. The third kappa shape index (κ3) is 3.47. The van der Waals surface area contributed by atoms with Crippen molar-refractivity contribution in [2.45, 2.75) is 26.3 Å². The molecule has 0 atom stereocenters. The summed E-state index contributed by atoms with van der Waals surface area (Å²) in [7, 11) is 4.12. The smallest absolute Gasteiger partial charge is 0.101 e. The van der Waals surface area contributed by atoms with E-state index in [1.54, 1.807) is 0 Å². The molecule has 0 amide bonds. The van der Waals surface area contributed by atoms with Crippen LogP contribution in [0.3, 0.4) is 0 Å². The van der Waals surface area contributed by atoms with Gasteiger partial charge in [0.25, 0.3) is 0 Å². The van der Waals surface area contributed by atoms with Gasteiger partial charge in [-0.25, -0.2) is 0 Å². The standard InChI is InChI=1S/C14H21N3/c1-11-6-7-13(12(8-11)9-15)16-10-14(2,3)17(4)5/h6-8,16H,10H2,1-5H3. The number of nitrogens with zero attached hydrogens (tertiary/aromatic N) is 2. The fourth-order valence-corrected chi connectivity index (χ4v) is 1.37. The van der Waals surface area contributed by atoms with E-state index in [0.717, 1.165) is 17.8 Å². The molecule has 0 heterocycles. The van der Waals surface area contributed by atoms with Crippen molar-refractivity contribution in [3.05, 3.63) is 29.3 Å². The van der Waals surface area contributed by atoms with Gasteiger partial charge in [0, 0.05) is 12.1 Å². The first-order chi connectivity index (χ1) is 7.86. The second kappa shape index (κ2) is 5.20. The van der Waals surface area contributed by atoms with E-state index in [1.807, 2.05) is 25.1 Å². The summed E-state index contributed by atoms with van der Waals surface area (Å²) in [6, 6.07) is 8.13. The second-order valence-electron chi connectivity index (χ2n) is 5.22. The predicted molar refractivity (Wildman–Crippen MR) is 72.1 cm³/mol. The quantitative estimate of drug-likeness (QED) is 0.865. The molecule has 0 bridgehead atoms. The molecule has 1 aromatic rings. The van der Waals surface area contributed by atoms with Crippen LogP contribution in [-0.4, -0.2) is 31.1 Å². The molecule has 0 aromatic heterocycles. The largest absolute Gasteiger partial charge is 0.382 e. The topological polar surface area (TPSA) is 39.1 Å². The van der Waals surface area contributed by atoms with Crippen LogP contribution >= 0.6 is 0 Å². The Morgan fingerprint density at radius 2 is 2.00 bits per heavy atom. The van der Waals surface area contributed by atoms with Gasteiger partial charge in [-0.3, -0.25) is 0 Å². The molecule has 0 spiro atoms. The molecule has 0 aliphatic rings. The highest BCUT2D eigenvalue weighted by atomic mass is 15.2. The van der Waals surface area contributed by atoms with Crippen molar-refractivity contribution in [1.82, 2.24) is 4.90 Å². The van der Waals surface area contributed by atoms with Gasteiger partial charge in [-0.1, -0.05) is 6.07 Å². The van der Waals surface area contributed by atoms with Crippen LogP contribution in [0.15, 0.2) is 18.2 Å². The van der Waals surface area contributed by atoms with E-state index in [9.17, 15) is 0 Å². The molecule has 0 saturated heterocycles. The average Bonchev–Trinajstić information content (AvgIpc) is 2.27. The summed E-state index contributed by atoms with van der Waals surface area (Å²) in [6.45, 7) is 7.13. The normalized spacial score (nSPS) is 11.4. The lowest BCUT2D eigenvalue weighted by Gasteiger charge is -2.33. The van der Waals surface area contributed by atoms with Crippen molar-refractivity contribution in [3.8, 4) is 6.07 Å². The summed E-state index contributed by atoms with van der Waals surface area (Å²) in [5.74, 6) is 0. The fraction of sp³-hybridized carbons (Fsp3) is 0.500. The molecule has 1 rings (SSSR count). The van der Waals surface area contributed by atoms with Gasteiger partial charge in [-0.05, 0) is 52.6 Å². The summed E-state index contributed by atoms with van der Waals surface area (Å²) in [5.41, 5.74) is 2.78. The third-order valence-electron chi connectivity index (χ3n) is 3.22. The predicted octanol–water partition coefficient (Wildman–Crippen LogP) is 2.62. The Bertz CT molecular complexity index is 428. The highest BCUT2D eigenvalue weighted by Crippen LogP contribution is 2.18. The van der Waals surface area contributed by atoms with Crippen LogP contribution in [0.2, 0.25) is 0 Å². The van der Waals surface area contributed by atoms with Gasteiger partial charge in [0.1, 0.15) is 6.07 Å². The van der Waals surface area contributed by atoms with Crippen LogP contribution in [0.5, 0.6) is 0 Å². The lowest BCUT2D eigenvalue weighted by molar-refractivity contribution is 0.210. The molecule has 1 N–H and O–H groups in total. The third-order valence-corrected chi connectivity index (χ3v) is 3.22. The van der Waals surface area contributed by atoms with E-state index in [1.165, 1.54) is 0 Å². The molecule has 0 aliphatic heterocycles. The van der Waals surface area contributed by atoms with Crippen molar-refractivity contribution in [2.24, 2.45) is 0 Å². The van der Waals surface area contributed by atoms with Crippen LogP contribution in [0.4, 0.5) is 5.69 Å². The minimum atomic E-state index is 0.0532. The van der Waals surface area contributed by atoms with Crippen LogP contribution in [0.25, 0.3) is 0 Å². The molecular formula is C14H21N3. The number of hydrogen-bond acceptors (Lipinski definition) is 3. The molecule has 0 saturated carbocycles. The molecule has 17 heavy (non-hydrogen) atoms. The lowest BCUT2D eigenvalue weighted by Crippen LogP contribution is -2.44. The van der Waals surface area contributed by atoms with Crippen molar-refractivity contribution in [1.29, 1.82) is 5.26 Å². The highest BCUT2D eigenvalue weighted by Gasteiger charge is 2.20. The van der Waals surface area contributed by atoms with Crippen molar-refractivity contribution in [3.63, 3.8) is 0 Å². The number of nitrogens with one attached hydrogen (secondary N) is 1. The van der Waals surface area contributed by atoms with Crippen molar-refractivity contribution in [2.75, 3.05) is 26.0 Å². The first-order valence-electron chi connectivity index (χ1n) is 5.79. The Labute approximate surface area is 104 Å². The van der Waals surface area contributed by atoms with Crippen molar-refractivity contribution >= 4 is 5.69 Å². The zero-order valence-electron chi connectivity index (χ0n) is 11.3. The SMILES string of the molecule is Cc1ccc(NCC(C)(C)N(C)C)c(C#N)c1. The van der Waals surface area contributed by atoms with Crippen LogP contribution in [0, 0.1) is 18.3 Å². The van der Waals surface area contributed by atoms with Gasteiger partial charge in [-0.2, -0.15) is 5.26 Å². The number of likely N-dealkylation sites (N-methyl/N-ethyl adjacent to an activating group) is 1. The van der Waals surface area contributed by atoms with Crippen LogP contribution < -0.4 is 5.32 Å². The lowest BCUT2D eigenvalue weighted by atomic mass is 10.0. The van der Waals surface area contributed by atoms with E-state index >= 15 is 0 Å². The van der Waals surface area contributed by atoms with E-state index < -0.39 is 0 Å². The van der Waals surface area contributed by atoms with Gasteiger partial charge >= 0.3 is 0 Å². The Morgan fingerprint density at radius 3 is 2.53 bits per heavy atom. The zero-order chi connectivity index (χ0) is 13.1. The summed E-state index contributed by atoms with van der Waals surface area (Å²) in [5, 5.41) is 12.4. The molecule has 0 fully saturated rings. The maximum atomic E-state index is 9.08. The summed E-state index contributed by atoms with van der Waals surface area (Å²) in [4.78, 5) is 2.17. The van der Waals surface area contributed by atoms with Gasteiger partial charge < -0.3 is 10.2 Å². The zero-order valence-corrected chi connectivity index (χ0v) is 11.3. The number of anilines is 1. The van der Waals surface area contributed by atoms with Gasteiger partial charge in [0.15, 0.2) is 0 Å². The maximum absolute atomic E-state index is 9.08. The minimum Gasteiger partial charge on any atom is -0.382 e. The number of hydrogen-bond donors (Lipinski definition) is 1. The van der Waals surface area contributed by atoms with Crippen LogP contribution in [0.1, 0.15) is 25.0 Å². The van der Waals surface area contributed by atoms with E-state index in [4.69, 9.17) is 5.26 Å². The number of aryl methyl sites for hydroxylation is 1. The van der Waals surface area contributed by atoms with E-state index in [0.29, 0.717) is 5.56 Å². The number of benzene rings is 1. The van der Waals surface area contributed by atoms with Gasteiger partial charge in [-0.15, -0.1) is 0 Å². The summed E-state index contributed by atoms with van der Waals surface area (Å²) >= 11 is 0. The monoisotopic (exact) mass is 231 g/mol. The second-order valence-corrected chi connectivity index (χ2v) is 5.22. The van der Waals surface area contributed by atoms with E-state index in [2.05, 4.69) is 44.2 Å². The molecule has 3 nitrogen and oxygen atoms in total. The van der Waals surface area contributed by atoms with Gasteiger partial charge in [0.2, 0.25) is 0 Å². The molecule has 3 heteroatoms. The molecule has 0 unspecified atom stereocenters. The van der Waals surface area contributed by atoms with E-state index in [-0.39, 0.29) is 5.54 Å². The first-order valence-corrected chi connectivity index (χ1v) is 5.79. The summed E-state index contributed by atoms with van der Waals surface area (Å²) in [6.07, 6.45) is 0. The average molecular weight is 231 g/mol. The summed E-state index contributed by atoms with van der Waals surface area (Å²) < 4.78 is 0. The number of nitriles is 1. The molecule has 92 valence electrons. The van der Waals surface area contributed by atoms with Gasteiger partial charge in [0.05, 0.1) is 11.3 Å². The fourth-order valence-electron chi connectivity index (χ4n) is 1.37. The number of rotatable bonds is 4. The molecule has 1 aromatic carbocycles.